The van der Waals surface area contributed by atoms with Crippen LogP contribution in [0.25, 0.3) is 0 Å². The molecule has 2 aliphatic rings. The van der Waals surface area contributed by atoms with Crippen molar-refractivity contribution in [3.05, 3.63) is 0 Å². The molecular weight excluding hydrogens is 156 g/mol. The van der Waals surface area contributed by atoms with Gasteiger partial charge in [0.25, 0.3) is 0 Å². The lowest BCUT2D eigenvalue weighted by atomic mass is 9.71. The second kappa shape index (κ2) is 2.74. The van der Waals surface area contributed by atoms with Gasteiger partial charge in [-0.25, -0.2) is 0 Å². The number of hydrogen-bond acceptors (Lipinski definition) is 0. The Morgan fingerprint density at radius 1 is 1.54 bits per heavy atom. The third-order valence-corrected chi connectivity index (χ3v) is 2.00. The fraction of sp³-hybridized carbons (Fsp3) is 1.00. The molecule has 0 aliphatic heterocycles. The zero-order valence-electron chi connectivity index (χ0n) is 20.5. The topological polar surface area (TPSA) is 0 Å². The average Bonchev–Trinajstić information content (AvgIpc) is 2.45. The summed E-state index contributed by atoms with van der Waals surface area (Å²) in [6, 6.07) is 0. The second-order valence-electron chi connectivity index (χ2n) is 4.62. The van der Waals surface area contributed by atoms with Crippen LogP contribution in [0.5, 0.6) is 0 Å². The van der Waals surface area contributed by atoms with Gasteiger partial charge in [-0.1, -0.05) is 27.7 Å². The van der Waals surface area contributed by atoms with Gasteiger partial charge in [-0.05, 0) is 54.5 Å². The van der Waals surface area contributed by atoms with Crippen LogP contribution in [0.3, 0.4) is 0 Å². The van der Waals surface area contributed by atoms with Gasteiger partial charge < -0.3 is 0 Å². The zero-order chi connectivity index (χ0) is 20.5. The van der Waals surface area contributed by atoms with Crippen LogP contribution in [0, 0.1) is 22.6 Å². The Kier molecular flexibility index (Phi) is 0.585. The number of fused-ring (bicyclic) bond motifs is 2. The van der Waals surface area contributed by atoms with E-state index in [0.717, 1.165) is 6.92 Å². The summed E-state index contributed by atoms with van der Waals surface area (Å²) in [5.74, 6) is -5.88. The van der Waals surface area contributed by atoms with E-state index in [0.29, 0.717) is 0 Å². The van der Waals surface area contributed by atoms with E-state index in [-0.39, 0.29) is 0 Å². The fourth-order valence-electron chi connectivity index (χ4n) is 1.66. The van der Waals surface area contributed by atoms with E-state index in [9.17, 15) is 0 Å². The lowest BCUT2D eigenvalue weighted by Gasteiger charge is -2.35. The van der Waals surface area contributed by atoms with Crippen molar-refractivity contribution in [2.75, 3.05) is 0 Å². The maximum Gasteiger partial charge on any atom is 0.0306 e. The second-order valence-corrected chi connectivity index (χ2v) is 4.62. The quantitative estimate of drug-likeness (QED) is 0.583. The van der Waals surface area contributed by atoms with Crippen molar-refractivity contribution in [3.63, 3.8) is 0 Å². The summed E-state index contributed by atoms with van der Waals surface area (Å²) in [6.45, 7) is 4.92. The van der Waals surface area contributed by atoms with Crippen molar-refractivity contribution < 1.29 is 16.4 Å². The van der Waals surface area contributed by atoms with Gasteiger partial charge in [0.05, 0.1) is 0 Å². The minimum absolute atomic E-state index is 0.866. The van der Waals surface area contributed by atoms with E-state index in [1.165, 1.54) is 20.8 Å². The van der Waals surface area contributed by atoms with Gasteiger partial charge in [0.2, 0.25) is 0 Å². The largest absolute Gasteiger partial charge is 0.0622 e. The third kappa shape index (κ3) is 1.78. The molecule has 2 bridgehead atoms. The molecule has 0 nitrogen and oxygen atoms in total. The smallest absolute Gasteiger partial charge is 0.0306 e. The van der Waals surface area contributed by atoms with E-state index in [1.807, 2.05) is 0 Å². The molecule has 3 atom stereocenters. The van der Waals surface area contributed by atoms with Gasteiger partial charge in [-0.15, -0.1) is 0 Å². The first-order chi connectivity index (χ1) is 10.5. The van der Waals surface area contributed by atoms with Crippen LogP contribution < -0.4 is 0 Å². The highest BCUT2D eigenvalue weighted by Crippen LogP contribution is 2.60. The van der Waals surface area contributed by atoms with Crippen molar-refractivity contribution >= 4 is 0 Å². The van der Waals surface area contributed by atoms with Gasteiger partial charge >= 0.3 is 0 Å². The monoisotopic (exact) mass is 192 g/mol. The van der Waals surface area contributed by atoms with Crippen LogP contribution in [0.2, 0.25) is 0 Å². The Hall–Kier alpha value is 0. The highest BCUT2D eigenvalue weighted by Gasteiger charge is 2.49. The van der Waals surface area contributed by atoms with Gasteiger partial charge in [0.15, 0.2) is 0 Å². The molecule has 0 heterocycles. The number of hydrogen-bond donors (Lipinski definition) is 0. The molecule has 0 aromatic carbocycles. The maximum atomic E-state index is 8.57. The van der Waals surface area contributed by atoms with Crippen molar-refractivity contribution in [2.24, 2.45) is 22.6 Å². The average molecular weight is 192 g/mol. The van der Waals surface area contributed by atoms with Crippen LogP contribution in [0.15, 0.2) is 0 Å². The molecule has 2 fully saturated rings. The first-order valence-electron chi connectivity index (χ1n) is 10.5. The number of rotatable bonds is 1. The predicted molar refractivity (Wildman–Crippen MR) is 57.6 cm³/mol. The van der Waals surface area contributed by atoms with E-state index in [1.54, 1.807) is 0 Å². The van der Waals surface area contributed by atoms with Crippen molar-refractivity contribution in [3.8, 4) is 0 Å². The van der Waals surface area contributed by atoms with Gasteiger partial charge in [-0.2, -0.15) is 0 Å². The summed E-state index contributed by atoms with van der Waals surface area (Å²) in [6.07, 6.45) is -16.0. The summed E-state index contributed by atoms with van der Waals surface area (Å²) < 4.78 is 101. The molecule has 13 heavy (non-hydrogen) atoms. The molecule has 0 aromatic heterocycles. The highest BCUT2D eigenvalue weighted by atomic mass is 14.5. The Morgan fingerprint density at radius 2 is 2.23 bits per heavy atom. The van der Waals surface area contributed by atoms with Crippen molar-refractivity contribution in [1.82, 2.24) is 0 Å². The lowest BCUT2D eigenvalue weighted by molar-refractivity contribution is 0.163. The zero-order valence-corrected chi connectivity index (χ0v) is 8.50. The summed E-state index contributed by atoms with van der Waals surface area (Å²) in [4.78, 5) is 0. The molecule has 3 unspecified atom stereocenters. The summed E-state index contributed by atoms with van der Waals surface area (Å²) in [7, 11) is 0. The molecule has 0 N–H and O–H groups in total. The SMILES string of the molecule is [2H]C1([2H])C([2H])([2H])C2(C([2H])([2H])C(C)(C)C)C([2H])([2H])C([2H])(C)C1([2H])C2([2H])[2H]. The maximum absolute atomic E-state index is 8.57. The lowest BCUT2D eigenvalue weighted by Crippen LogP contribution is -2.23. The molecule has 0 heteroatoms. The molecule has 2 aliphatic carbocycles. The Labute approximate surface area is 100.0 Å². The molecule has 0 radical (unpaired) electrons. The third-order valence-electron chi connectivity index (χ3n) is 2.00. The van der Waals surface area contributed by atoms with Gasteiger partial charge in [-0.3, -0.25) is 0 Å². The van der Waals surface area contributed by atoms with Crippen LogP contribution in [-0.2, 0) is 0 Å². The fourth-order valence-corrected chi connectivity index (χ4v) is 1.66. The molecule has 0 saturated heterocycles. The highest BCUT2D eigenvalue weighted by molar-refractivity contribution is 5.00. The first kappa shape index (κ1) is 2.77. The Morgan fingerprint density at radius 3 is 2.85 bits per heavy atom. The van der Waals surface area contributed by atoms with Crippen molar-refractivity contribution in [1.29, 1.82) is 0 Å². The minimum atomic E-state index is -3.37. The van der Waals surface area contributed by atoms with E-state index in [4.69, 9.17) is 16.4 Å². The molecular formula is C13H24. The van der Waals surface area contributed by atoms with E-state index < -0.39 is 54.5 Å². The van der Waals surface area contributed by atoms with Gasteiger partial charge in [0.1, 0.15) is 0 Å². The van der Waals surface area contributed by atoms with Crippen LogP contribution in [0.4, 0.5) is 0 Å². The molecule has 0 amide bonds. The summed E-state index contributed by atoms with van der Waals surface area (Å²) in [5, 5.41) is 0. The van der Waals surface area contributed by atoms with Gasteiger partial charge in [0, 0.05) is 16.4 Å². The predicted octanol–water partition coefficient (Wildman–Crippen LogP) is 4.25. The standard InChI is InChI=1S/C13H24/c1-10-7-13(9-12(2,3)4)6-5-11(10)8-13/h10-11H,5-9H2,1-4H3/i5D2,6D2,7D2,8D2,9D2,10D,11D. The molecule has 2 saturated carbocycles. The van der Waals surface area contributed by atoms with Crippen LogP contribution in [0.1, 0.15) is 76.0 Å². The molecule has 2 rings (SSSR count). The van der Waals surface area contributed by atoms with Crippen LogP contribution in [-0.4, -0.2) is 0 Å². The summed E-state index contributed by atoms with van der Waals surface area (Å²) >= 11 is 0. The Balaban J connectivity index is 3.18. The molecule has 0 spiro atoms. The van der Waals surface area contributed by atoms with E-state index in [2.05, 4.69) is 0 Å². The van der Waals surface area contributed by atoms with E-state index >= 15 is 0 Å². The summed E-state index contributed by atoms with van der Waals surface area (Å²) in [5.41, 5.74) is -4.69. The molecule has 76 valence electrons. The molecule has 0 aromatic rings. The first-order valence-corrected chi connectivity index (χ1v) is 4.50. The van der Waals surface area contributed by atoms with Crippen LogP contribution >= 0.6 is 0 Å². The Bertz CT molecular complexity index is 567. The minimum Gasteiger partial charge on any atom is -0.0622 e. The van der Waals surface area contributed by atoms with Crippen molar-refractivity contribution in [2.45, 2.75) is 59.6 Å². The normalized spacial score (nSPS) is 85.8.